The second-order valence-corrected chi connectivity index (χ2v) is 30.3. The van der Waals surface area contributed by atoms with E-state index in [0.717, 1.165) is 57.9 Å². The lowest BCUT2D eigenvalue weighted by Gasteiger charge is -2.61. The van der Waals surface area contributed by atoms with Gasteiger partial charge in [-0.15, -0.1) is 0 Å². The molecule has 10 fully saturated rings. The van der Waals surface area contributed by atoms with Gasteiger partial charge in [0, 0.05) is 66.5 Å². The molecular formula is C67H86N2O14S. The Kier molecular flexibility index (Phi) is 15.2. The van der Waals surface area contributed by atoms with Crippen molar-refractivity contribution >= 4 is 47.3 Å². The summed E-state index contributed by atoms with van der Waals surface area (Å²) in [5.74, 6) is -5.01. The van der Waals surface area contributed by atoms with E-state index < -0.39 is 113 Å². The molecule has 17 heteroatoms. The molecule has 5 saturated heterocycles. The van der Waals surface area contributed by atoms with E-state index in [-0.39, 0.29) is 60.2 Å². The SMILES string of the molecule is CC(=O)OC12COC1CC(O)CC1(C)C(=O)C3C4=C5C3OC(=O)CC3CC(CC6C7CCCCC7SC7CC8(CCCC(C8)C(=O)NC(c8ccccc8)C(O)C(=O)OC4CC(O)(C(OC(=O)c4ccccc4)C12)C5(C)C)CCC76)CN(C)C3. The first-order valence-corrected chi connectivity index (χ1v) is 32.6. The smallest absolute Gasteiger partial charge is 0.338 e. The van der Waals surface area contributed by atoms with Crippen LogP contribution in [0.1, 0.15) is 159 Å². The monoisotopic (exact) mass is 1170 g/mol. The minimum Gasteiger partial charge on any atom is -0.457 e. The van der Waals surface area contributed by atoms with E-state index in [1.54, 1.807) is 75.4 Å². The lowest BCUT2D eigenvalue weighted by Crippen LogP contribution is -2.74. The Morgan fingerprint density at radius 3 is 2.25 bits per heavy atom. The number of ether oxygens (including phenoxy) is 5. The summed E-state index contributed by atoms with van der Waals surface area (Å²) in [6, 6.07) is 15.8. The number of rotatable bonds is 4. The number of hydrogen-bond donors (Lipinski definition) is 4. The first kappa shape index (κ1) is 58.4. The topological polar surface area (TPSA) is 225 Å². The molecule has 2 aromatic rings. The van der Waals surface area contributed by atoms with Crippen LogP contribution in [0.2, 0.25) is 0 Å². The van der Waals surface area contributed by atoms with Crippen molar-refractivity contribution in [2.75, 3.05) is 26.7 Å². The summed E-state index contributed by atoms with van der Waals surface area (Å²) in [7, 11) is 2.14. The van der Waals surface area contributed by atoms with Crippen LogP contribution in [0, 0.1) is 63.6 Å². The molecule has 1 amide bonds. The van der Waals surface area contributed by atoms with Gasteiger partial charge in [0.1, 0.15) is 30.0 Å². The number of thioether (sulfide) groups is 1. The number of carbonyl (C=O) groups excluding carboxylic acids is 6. The molecule has 8 aliphatic carbocycles. The first-order chi connectivity index (χ1) is 40.1. The average molecular weight is 1180 g/mol. The molecule has 16 nitrogen and oxygen atoms in total. The highest BCUT2D eigenvalue weighted by atomic mass is 32.2. The van der Waals surface area contributed by atoms with Gasteiger partial charge in [0.25, 0.3) is 0 Å². The Morgan fingerprint density at radius 2 is 1.51 bits per heavy atom. The van der Waals surface area contributed by atoms with Gasteiger partial charge in [-0.2, -0.15) is 11.8 Å². The van der Waals surface area contributed by atoms with E-state index in [2.05, 4.69) is 29.0 Å². The van der Waals surface area contributed by atoms with Gasteiger partial charge >= 0.3 is 23.9 Å². The van der Waals surface area contributed by atoms with Gasteiger partial charge in [-0.05, 0) is 142 Å². The van der Waals surface area contributed by atoms with E-state index in [9.17, 15) is 24.9 Å². The molecule has 21 atom stereocenters. The normalized spacial score (nSPS) is 44.6. The number of fused-ring (bicyclic) bond motifs is 2. The van der Waals surface area contributed by atoms with Crippen LogP contribution in [0.5, 0.6) is 0 Å². The summed E-state index contributed by atoms with van der Waals surface area (Å²) in [6.45, 7) is 7.71. The molecule has 7 heterocycles. The average Bonchev–Trinajstić information content (AvgIpc) is 1.39. The third kappa shape index (κ3) is 9.72. The molecule has 13 bridgehead atoms. The lowest BCUT2D eigenvalue weighted by molar-refractivity contribution is -0.309. The Hall–Kier alpha value is -4.65. The fraction of sp³-hybridized carbons (Fsp3) is 0.701. The van der Waals surface area contributed by atoms with E-state index in [0.29, 0.717) is 58.3 Å². The quantitative estimate of drug-likeness (QED) is 0.129. The number of aliphatic hydroxyl groups is 3. The van der Waals surface area contributed by atoms with E-state index in [1.807, 2.05) is 6.07 Å². The molecule has 0 aromatic heterocycles. The maximum atomic E-state index is 16.6. The summed E-state index contributed by atoms with van der Waals surface area (Å²) in [6.07, 6.45) is 4.16. The van der Waals surface area contributed by atoms with Crippen LogP contribution in [0.15, 0.2) is 71.8 Å². The van der Waals surface area contributed by atoms with Gasteiger partial charge in [0.15, 0.2) is 17.5 Å². The van der Waals surface area contributed by atoms with Gasteiger partial charge in [0.05, 0.1) is 36.2 Å². The fourth-order valence-electron chi connectivity index (χ4n) is 19.8. The van der Waals surface area contributed by atoms with Crippen molar-refractivity contribution in [2.45, 2.75) is 201 Å². The van der Waals surface area contributed by atoms with Crippen molar-refractivity contribution < 1.29 is 67.8 Å². The van der Waals surface area contributed by atoms with Crippen molar-refractivity contribution in [3.63, 3.8) is 0 Å². The zero-order chi connectivity index (χ0) is 58.8. The molecule has 4 N–H and O–H groups in total. The molecule has 7 aliphatic heterocycles. The number of amides is 1. The maximum absolute atomic E-state index is 16.6. The number of aliphatic hydroxyl groups excluding tert-OH is 2. The Morgan fingerprint density at radius 1 is 0.786 bits per heavy atom. The highest BCUT2D eigenvalue weighted by Crippen LogP contribution is 2.68. The number of nitrogens with one attached hydrogen (secondary N) is 1. The standard InChI is InChI=1S/C67H86N2O14S/c1-36(70)83-66-35-79-49(66)28-42(71)30-64(4)57(66)59(82-61(76)40-17-10-7-11-18-40)67(78)31-46-51-52(58(64)74)56(53(51)63(67,2)3)81-50(72)27-38-25-37(33-69(5)34-38)26-45-43-20-12-13-21-47(43)84-48-32-65(24-22-44(45)48)23-14-19-41(29-65)60(75)68-54(55(73)62(77)80-46)39-15-8-6-9-16-39/h6-11,15-18,37-38,41-49,52,54-57,59,71,73,78H,12-14,19-35H2,1-5H3,(H,68,75). The van der Waals surface area contributed by atoms with Gasteiger partial charge in [-0.25, -0.2) is 9.59 Å². The third-order valence-corrected chi connectivity index (χ3v) is 25.3. The maximum Gasteiger partial charge on any atom is 0.338 e. The Balaban J connectivity index is 0.940. The van der Waals surface area contributed by atoms with Gasteiger partial charge in [0.2, 0.25) is 5.91 Å². The zero-order valence-corrected chi connectivity index (χ0v) is 50.2. The number of ketones is 1. The molecule has 454 valence electrons. The molecule has 5 saturated carbocycles. The van der Waals surface area contributed by atoms with Gasteiger partial charge in [-0.3, -0.25) is 19.2 Å². The molecular weight excluding hydrogens is 1090 g/mol. The predicted octanol–water partition coefficient (Wildman–Crippen LogP) is 8.03. The number of hydrogen-bond acceptors (Lipinski definition) is 16. The van der Waals surface area contributed by atoms with Crippen LogP contribution in [0.3, 0.4) is 0 Å². The number of esters is 4. The van der Waals surface area contributed by atoms with Crippen LogP contribution in [0.25, 0.3) is 0 Å². The zero-order valence-electron chi connectivity index (χ0n) is 49.4. The molecule has 0 radical (unpaired) electrons. The van der Waals surface area contributed by atoms with Crippen molar-refractivity contribution in [1.29, 1.82) is 0 Å². The highest BCUT2D eigenvalue weighted by molar-refractivity contribution is 8.00. The summed E-state index contributed by atoms with van der Waals surface area (Å²) >= 11 is 2.25. The van der Waals surface area contributed by atoms with Crippen LogP contribution >= 0.6 is 11.8 Å². The minimum atomic E-state index is -2.34. The van der Waals surface area contributed by atoms with Gasteiger partial charge in [-0.1, -0.05) is 88.6 Å². The Labute approximate surface area is 497 Å². The minimum absolute atomic E-state index is 0.00329. The number of nitrogens with zero attached hydrogens (tertiary/aromatic N) is 1. The van der Waals surface area contributed by atoms with Crippen molar-refractivity contribution in [3.05, 3.63) is 82.9 Å². The largest absolute Gasteiger partial charge is 0.457 e. The lowest BCUT2D eigenvalue weighted by atomic mass is 9.50. The van der Waals surface area contributed by atoms with Crippen molar-refractivity contribution in [3.8, 4) is 0 Å². The number of likely N-dealkylation sites (tertiary alicyclic amines) is 1. The van der Waals surface area contributed by atoms with E-state index in [4.69, 9.17) is 23.7 Å². The predicted molar refractivity (Wildman–Crippen MR) is 309 cm³/mol. The summed E-state index contributed by atoms with van der Waals surface area (Å²) in [4.78, 5) is 92.8. The molecule has 2 aromatic carbocycles. The first-order valence-electron chi connectivity index (χ1n) is 31.7. The third-order valence-electron chi connectivity index (χ3n) is 23.5. The summed E-state index contributed by atoms with van der Waals surface area (Å²) in [5, 5.41) is 43.3. The summed E-state index contributed by atoms with van der Waals surface area (Å²) in [5.41, 5.74) is -6.26. The molecule has 17 rings (SSSR count). The summed E-state index contributed by atoms with van der Waals surface area (Å²) < 4.78 is 32.6. The van der Waals surface area contributed by atoms with Crippen molar-refractivity contribution in [2.24, 2.45) is 63.6 Å². The van der Waals surface area contributed by atoms with Gasteiger partial charge < -0.3 is 49.2 Å². The number of benzene rings is 2. The van der Waals surface area contributed by atoms with E-state index >= 15 is 19.2 Å². The highest BCUT2D eigenvalue weighted by Gasteiger charge is 2.78. The van der Waals surface area contributed by atoms with Crippen molar-refractivity contribution in [1.82, 2.24) is 10.2 Å². The van der Waals surface area contributed by atoms with Crippen LogP contribution < -0.4 is 5.32 Å². The van der Waals surface area contributed by atoms with Crippen LogP contribution in [-0.4, -0.2) is 141 Å². The van der Waals surface area contributed by atoms with Crippen LogP contribution in [0.4, 0.5) is 0 Å². The number of piperidine rings is 1. The molecule has 21 unspecified atom stereocenters. The second-order valence-electron chi connectivity index (χ2n) is 28.8. The number of Topliss-reactive ketones (excluding diaryl/α,β-unsaturated/α-hetero) is 1. The number of carbonyl (C=O) groups is 6. The molecule has 84 heavy (non-hydrogen) atoms. The molecule has 15 aliphatic rings. The van der Waals surface area contributed by atoms with E-state index in [1.165, 1.54) is 32.6 Å². The van der Waals surface area contributed by atoms with Crippen LogP contribution in [-0.2, 0) is 47.7 Å². The Bertz CT molecular complexity index is 2960. The molecule has 1 spiro atoms. The fourth-order valence-corrected chi connectivity index (χ4v) is 22.1. The second kappa shape index (κ2) is 21.9.